The van der Waals surface area contributed by atoms with Crippen LogP contribution in [0.3, 0.4) is 0 Å². The number of carbonyl (C=O) groups excluding carboxylic acids is 3. The maximum absolute atomic E-state index is 13.7. The van der Waals surface area contributed by atoms with Gasteiger partial charge in [0, 0.05) is 21.2 Å². The molecule has 1 N–H and O–H groups in total. The molecule has 0 atom stereocenters. The Morgan fingerprint density at radius 3 is 2.23 bits per heavy atom. The van der Waals surface area contributed by atoms with Gasteiger partial charge in [-0.05, 0) is 70.9 Å². The van der Waals surface area contributed by atoms with Crippen LogP contribution in [0.25, 0.3) is 16.8 Å². The Morgan fingerprint density at radius 1 is 0.727 bits per heavy atom. The number of hydrogen-bond donors (Lipinski definition) is 1. The van der Waals surface area contributed by atoms with Crippen LogP contribution in [0, 0.1) is 0 Å². The van der Waals surface area contributed by atoms with Gasteiger partial charge in [-0.2, -0.15) is 0 Å². The summed E-state index contributed by atoms with van der Waals surface area (Å²) in [4.78, 5) is 40.5. The number of rotatable bonds is 8. The van der Waals surface area contributed by atoms with E-state index in [0.717, 1.165) is 26.8 Å². The predicted octanol–water partition coefficient (Wildman–Crippen LogP) is 7.97. The second-order valence-corrected chi connectivity index (χ2v) is 10.8. The maximum Gasteiger partial charge on any atom is 0.335 e. The monoisotopic (exact) mass is 622 g/mol. The third-order valence-electron chi connectivity index (χ3n) is 7.08. The molecule has 0 spiro atoms. The van der Waals surface area contributed by atoms with Gasteiger partial charge >= 0.3 is 6.03 Å². The number of hydrogen-bond acceptors (Lipinski definition) is 5. The molecule has 1 saturated heterocycles. The van der Waals surface area contributed by atoms with E-state index in [2.05, 4.69) is 5.32 Å². The van der Waals surface area contributed by atoms with Crippen molar-refractivity contribution in [2.24, 2.45) is 0 Å². The summed E-state index contributed by atoms with van der Waals surface area (Å²) in [5.41, 5.74) is 2.31. The van der Waals surface area contributed by atoms with Gasteiger partial charge in [-0.25, -0.2) is 9.69 Å². The van der Waals surface area contributed by atoms with Crippen LogP contribution in [-0.4, -0.2) is 17.8 Å². The summed E-state index contributed by atoms with van der Waals surface area (Å²) in [5, 5.41) is 5.16. The Balaban J connectivity index is 1.29. The molecular formula is C35H24Cl2N2O5. The summed E-state index contributed by atoms with van der Waals surface area (Å²) in [6.45, 7) is 0.484. The zero-order chi connectivity index (χ0) is 30.6. The molecule has 1 aliphatic rings. The van der Waals surface area contributed by atoms with Crippen molar-refractivity contribution in [2.45, 2.75) is 13.2 Å². The lowest BCUT2D eigenvalue weighted by Crippen LogP contribution is -2.54. The predicted molar refractivity (Wildman–Crippen MR) is 171 cm³/mol. The molecule has 0 aromatic heterocycles. The number of fused-ring (bicyclic) bond motifs is 1. The first-order chi connectivity index (χ1) is 21.4. The Hall–Kier alpha value is -5.11. The number of amides is 4. The lowest BCUT2D eigenvalue weighted by Gasteiger charge is -2.26. The summed E-state index contributed by atoms with van der Waals surface area (Å²) in [7, 11) is 0. The Kier molecular flexibility index (Phi) is 8.32. The highest BCUT2D eigenvalue weighted by Crippen LogP contribution is 2.33. The Labute approximate surface area is 263 Å². The first-order valence-corrected chi connectivity index (χ1v) is 14.4. The van der Waals surface area contributed by atoms with Gasteiger partial charge in [0.25, 0.3) is 11.8 Å². The molecule has 0 bridgehead atoms. The number of benzene rings is 5. The summed E-state index contributed by atoms with van der Waals surface area (Å²) in [5.74, 6) is -0.577. The Bertz CT molecular complexity index is 1920. The summed E-state index contributed by atoms with van der Waals surface area (Å²) in [6, 6.07) is 31.5. The molecule has 6 rings (SSSR count). The fourth-order valence-corrected chi connectivity index (χ4v) is 5.11. The van der Waals surface area contributed by atoms with Crippen LogP contribution in [0.15, 0.2) is 115 Å². The van der Waals surface area contributed by atoms with Crippen LogP contribution in [0.5, 0.6) is 11.5 Å². The lowest BCUT2D eigenvalue weighted by molar-refractivity contribution is -0.122. The topological polar surface area (TPSA) is 84.9 Å². The number of nitrogens with zero attached hydrogens (tertiary/aromatic N) is 1. The van der Waals surface area contributed by atoms with Crippen molar-refractivity contribution in [1.82, 2.24) is 5.32 Å². The highest BCUT2D eigenvalue weighted by molar-refractivity contribution is 6.39. The number of barbiturate groups is 1. The SMILES string of the molecule is O=C1NC(=O)N(c2ccc(OCc3ccccc3Cl)cc2)C(=O)/C1=C/c1c(OCc2ccc(Cl)cc2)ccc2ccccc12. The van der Waals surface area contributed by atoms with E-state index in [1.54, 1.807) is 48.5 Å². The molecule has 7 nitrogen and oxygen atoms in total. The third-order valence-corrected chi connectivity index (χ3v) is 7.70. The van der Waals surface area contributed by atoms with Gasteiger partial charge in [0.05, 0.1) is 5.69 Å². The van der Waals surface area contributed by atoms with Gasteiger partial charge in [-0.1, -0.05) is 83.9 Å². The average molecular weight is 623 g/mol. The molecule has 1 aliphatic heterocycles. The molecule has 0 aliphatic carbocycles. The van der Waals surface area contributed by atoms with E-state index in [0.29, 0.717) is 27.1 Å². The summed E-state index contributed by atoms with van der Waals surface area (Å²) < 4.78 is 12.0. The first-order valence-electron chi connectivity index (χ1n) is 13.6. The minimum atomic E-state index is -0.848. The van der Waals surface area contributed by atoms with Crippen molar-refractivity contribution in [1.29, 1.82) is 0 Å². The number of ether oxygens (including phenoxy) is 2. The quantitative estimate of drug-likeness (QED) is 0.140. The van der Waals surface area contributed by atoms with Gasteiger partial charge in [0.1, 0.15) is 30.3 Å². The molecule has 218 valence electrons. The number of nitrogens with one attached hydrogen (secondary N) is 1. The van der Waals surface area contributed by atoms with Gasteiger partial charge in [-0.3, -0.25) is 14.9 Å². The van der Waals surface area contributed by atoms with E-state index >= 15 is 0 Å². The zero-order valence-corrected chi connectivity index (χ0v) is 24.6. The largest absolute Gasteiger partial charge is 0.489 e. The van der Waals surface area contributed by atoms with E-state index in [4.69, 9.17) is 32.7 Å². The molecular weight excluding hydrogens is 599 g/mol. The highest BCUT2D eigenvalue weighted by atomic mass is 35.5. The van der Waals surface area contributed by atoms with Crippen molar-refractivity contribution in [3.8, 4) is 11.5 Å². The van der Waals surface area contributed by atoms with E-state index < -0.39 is 17.8 Å². The van der Waals surface area contributed by atoms with Crippen LogP contribution < -0.4 is 19.7 Å². The number of imide groups is 2. The van der Waals surface area contributed by atoms with Crippen LogP contribution in [0.2, 0.25) is 10.0 Å². The van der Waals surface area contributed by atoms with Gasteiger partial charge in [0.2, 0.25) is 0 Å². The smallest absolute Gasteiger partial charge is 0.335 e. The minimum Gasteiger partial charge on any atom is -0.489 e. The molecule has 44 heavy (non-hydrogen) atoms. The van der Waals surface area contributed by atoms with Crippen LogP contribution in [-0.2, 0) is 22.8 Å². The molecule has 1 fully saturated rings. The minimum absolute atomic E-state index is 0.212. The molecule has 1 heterocycles. The molecule has 9 heteroatoms. The number of urea groups is 1. The maximum atomic E-state index is 13.7. The van der Waals surface area contributed by atoms with Crippen LogP contribution >= 0.6 is 23.2 Å². The number of anilines is 1. The second kappa shape index (κ2) is 12.6. The van der Waals surface area contributed by atoms with Crippen molar-refractivity contribution in [3.63, 3.8) is 0 Å². The third kappa shape index (κ3) is 6.15. The summed E-state index contributed by atoms with van der Waals surface area (Å²) >= 11 is 12.2. The summed E-state index contributed by atoms with van der Waals surface area (Å²) in [6.07, 6.45) is 1.47. The van der Waals surface area contributed by atoms with Crippen molar-refractivity contribution >= 4 is 63.6 Å². The molecule has 5 aromatic carbocycles. The van der Waals surface area contributed by atoms with Gasteiger partial charge in [0.15, 0.2) is 0 Å². The molecule has 0 saturated carbocycles. The molecule has 5 aromatic rings. The number of carbonyl (C=O) groups is 3. The van der Waals surface area contributed by atoms with Crippen molar-refractivity contribution in [3.05, 3.63) is 142 Å². The highest BCUT2D eigenvalue weighted by Gasteiger charge is 2.37. The fraction of sp³-hybridized carbons (Fsp3) is 0.0571. The van der Waals surface area contributed by atoms with Crippen molar-refractivity contribution < 1.29 is 23.9 Å². The van der Waals surface area contributed by atoms with E-state index in [1.807, 2.05) is 60.7 Å². The van der Waals surface area contributed by atoms with Crippen LogP contribution in [0.4, 0.5) is 10.5 Å². The van der Waals surface area contributed by atoms with Gasteiger partial charge in [-0.15, -0.1) is 0 Å². The van der Waals surface area contributed by atoms with E-state index in [1.165, 1.54) is 6.08 Å². The second-order valence-electron chi connectivity index (χ2n) is 9.95. The average Bonchev–Trinajstić information content (AvgIpc) is 3.03. The van der Waals surface area contributed by atoms with E-state index in [9.17, 15) is 14.4 Å². The number of halogens is 2. The van der Waals surface area contributed by atoms with Crippen molar-refractivity contribution in [2.75, 3.05) is 4.90 Å². The Morgan fingerprint density at radius 2 is 1.45 bits per heavy atom. The zero-order valence-electron chi connectivity index (χ0n) is 23.1. The van der Waals surface area contributed by atoms with E-state index in [-0.39, 0.29) is 24.5 Å². The fourth-order valence-electron chi connectivity index (χ4n) is 4.80. The molecule has 0 unspecified atom stereocenters. The normalized spacial score (nSPS) is 14.2. The lowest BCUT2D eigenvalue weighted by atomic mass is 9.99. The van der Waals surface area contributed by atoms with Gasteiger partial charge < -0.3 is 9.47 Å². The first kappa shape index (κ1) is 29.0. The van der Waals surface area contributed by atoms with Crippen LogP contribution in [0.1, 0.15) is 16.7 Å². The molecule has 4 amide bonds. The molecule has 0 radical (unpaired) electrons. The standard InChI is InChI=1S/C35H24Cl2N2O5/c36-25-12-9-22(10-13-25)20-44-32-18-11-23-5-1-3-7-28(23)29(32)19-30-33(40)38-35(42)39(34(30)41)26-14-16-27(17-15-26)43-21-24-6-2-4-8-31(24)37/h1-19H,20-21H2,(H,38,40,42)/b30-19+.